The molecule has 2 aromatic heterocycles. The van der Waals surface area contributed by atoms with Gasteiger partial charge < -0.3 is 0 Å². The Morgan fingerprint density at radius 2 is 2.09 bits per heavy atom. The van der Waals surface area contributed by atoms with Crippen LogP contribution in [-0.2, 0) is 6.54 Å². The Labute approximate surface area is 131 Å². The molecular formula is C15H16F2N6. The summed E-state index contributed by atoms with van der Waals surface area (Å²) >= 11 is 0. The first-order valence-corrected chi connectivity index (χ1v) is 7.76. The molecule has 0 saturated heterocycles. The molecule has 2 aliphatic carbocycles. The highest BCUT2D eigenvalue weighted by Crippen LogP contribution is 2.53. The lowest BCUT2D eigenvalue weighted by Gasteiger charge is -2.18. The molecule has 2 aromatic rings. The Bertz CT molecular complexity index is 765. The highest BCUT2D eigenvalue weighted by atomic mass is 19.3. The zero-order valence-corrected chi connectivity index (χ0v) is 12.5. The number of nitriles is 1. The van der Waals surface area contributed by atoms with Crippen LogP contribution < -0.4 is 0 Å². The molecule has 0 radical (unpaired) electrons. The van der Waals surface area contributed by atoms with E-state index in [-0.39, 0.29) is 11.8 Å². The summed E-state index contributed by atoms with van der Waals surface area (Å²) in [7, 11) is 0. The van der Waals surface area contributed by atoms with E-state index in [9.17, 15) is 14.0 Å². The lowest BCUT2D eigenvalue weighted by molar-refractivity contribution is 0.0986. The fourth-order valence-corrected chi connectivity index (χ4v) is 3.39. The van der Waals surface area contributed by atoms with Crippen molar-refractivity contribution in [1.29, 1.82) is 5.26 Å². The maximum Gasteiger partial charge on any atom is 0.272 e. The second-order valence-electron chi connectivity index (χ2n) is 6.54. The van der Waals surface area contributed by atoms with Gasteiger partial charge in [-0.1, -0.05) is 18.1 Å². The maximum atomic E-state index is 13.3. The van der Waals surface area contributed by atoms with Crippen LogP contribution in [0, 0.1) is 16.7 Å². The topological polar surface area (TPSA) is 72.3 Å². The van der Waals surface area contributed by atoms with E-state index in [1.165, 1.54) is 10.9 Å². The van der Waals surface area contributed by atoms with Gasteiger partial charge in [0, 0.05) is 12.6 Å². The minimum absolute atomic E-state index is 0.187. The van der Waals surface area contributed by atoms with Crippen molar-refractivity contribution in [1.82, 2.24) is 24.8 Å². The number of rotatable bonds is 4. The van der Waals surface area contributed by atoms with Crippen LogP contribution in [0.2, 0.25) is 0 Å². The van der Waals surface area contributed by atoms with Crippen LogP contribution in [-0.4, -0.2) is 30.7 Å². The number of nitrogens with zero attached hydrogens (tertiary/aromatic N) is 6. The third-order valence-electron chi connectivity index (χ3n) is 4.82. The summed E-state index contributed by atoms with van der Waals surface area (Å²) in [6, 6.07) is 3.19. The van der Waals surface area contributed by atoms with Crippen LogP contribution in [0.25, 0.3) is 11.4 Å². The molecule has 0 aliphatic heterocycles. The normalized spacial score (nSPS) is 24.5. The van der Waals surface area contributed by atoms with Crippen LogP contribution >= 0.6 is 0 Å². The van der Waals surface area contributed by atoms with Gasteiger partial charge in [0.15, 0.2) is 0 Å². The average Bonchev–Trinajstić information content (AvgIpc) is 3.04. The molecule has 23 heavy (non-hydrogen) atoms. The van der Waals surface area contributed by atoms with Crippen molar-refractivity contribution in [3.05, 3.63) is 18.5 Å². The van der Waals surface area contributed by atoms with Crippen molar-refractivity contribution in [3.63, 3.8) is 0 Å². The van der Waals surface area contributed by atoms with Gasteiger partial charge in [-0.15, -0.1) is 5.10 Å². The molecule has 2 heterocycles. The summed E-state index contributed by atoms with van der Waals surface area (Å²) in [5.41, 5.74) is 0.668. The summed E-state index contributed by atoms with van der Waals surface area (Å²) in [6.45, 7) is 0.490. The van der Waals surface area contributed by atoms with E-state index >= 15 is 0 Å². The van der Waals surface area contributed by atoms with Gasteiger partial charge in [0.1, 0.15) is 11.7 Å². The molecule has 0 N–H and O–H groups in total. The molecule has 4 rings (SSSR count). The first-order chi connectivity index (χ1) is 11.0. The minimum atomic E-state index is -2.69. The van der Waals surface area contributed by atoms with Crippen LogP contribution in [0.1, 0.15) is 38.1 Å². The molecule has 120 valence electrons. The standard InChI is InChI=1S/C15H16F2N6/c16-15(17)7-13(15)23-12(3-6-19-23)11-8-22(21-20-11)10-14(9-18)4-1-2-5-14/h3,6,8,13H,1-2,4-5,7,10H2. The molecule has 2 saturated carbocycles. The molecule has 1 atom stereocenters. The quantitative estimate of drug-likeness (QED) is 0.869. The molecule has 1 unspecified atom stereocenters. The van der Waals surface area contributed by atoms with Gasteiger partial charge in [0.2, 0.25) is 0 Å². The van der Waals surface area contributed by atoms with Crippen LogP contribution in [0.15, 0.2) is 18.5 Å². The zero-order chi connectivity index (χ0) is 16.1. The Hall–Kier alpha value is -2.30. The third-order valence-corrected chi connectivity index (χ3v) is 4.82. The summed E-state index contributed by atoms with van der Waals surface area (Å²) in [5, 5.41) is 21.6. The van der Waals surface area contributed by atoms with Gasteiger partial charge in [-0.3, -0.25) is 9.36 Å². The van der Waals surface area contributed by atoms with E-state index in [2.05, 4.69) is 21.5 Å². The van der Waals surface area contributed by atoms with Gasteiger partial charge in [-0.2, -0.15) is 10.4 Å². The third kappa shape index (κ3) is 2.40. The summed E-state index contributed by atoms with van der Waals surface area (Å²) in [5.74, 6) is -2.69. The first kappa shape index (κ1) is 14.3. The molecule has 0 bridgehead atoms. The second kappa shape index (κ2) is 4.85. The van der Waals surface area contributed by atoms with Gasteiger partial charge in [0.05, 0.1) is 29.9 Å². The van der Waals surface area contributed by atoms with Crippen molar-refractivity contribution in [3.8, 4) is 17.5 Å². The average molecular weight is 318 g/mol. The van der Waals surface area contributed by atoms with E-state index < -0.39 is 12.0 Å². The predicted octanol–water partition coefficient (Wildman–Crippen LogP) is 2.81. The fraction of sp³-hybridized carbons (Fsp3) is 0.600. The Morgan fingerprint density at radius 1 is 1.35 bits per heavy atom. The van der Waals surface area contributed by atoms with Crippen LogP contribution in [0.4, 0.5) is 8.78 Å². The molecule has 8 heteroatoms. The van der Waals surface area contributed by atoms with E-state index in [0.717, 1.165) is 25.7 Å². The van der Waals surface area contributed by atoms with E-state index in [1.54, 1.807) is 16.9 Å². The van der Waals surface area contributed by atoms with Gasteiger partial charge >= 0.3 is 0 Å². The Balaban J connectivity index is 1.58. The number of hydrogen-bond donors (Lipinski definition) is 0. The highest BCUT2D eigenvalue weighted by molar-refractivity contribution is 5.52. The molecular weight excluding hydrogens is 302 g/mol. The maximum absolute atomic E-state index is 13.3. The summed E-state index contributed by atoms with van der Waals surface area (Å²) < 4.78 is 29.5. The van der Waals surface area contributed by atoms with Crippen LogP contribution in [0.5, 0.6) is 0 Å². The summed E-state index contributed by atoms with van der Waals surface area (Å²) in [4.78, 5) is 0. The van der Waals surface area contributed by atoms with Crippen LogP contribution in [0.3, 0.4) is 0 Å². The van der Waals surface area contributed by atoms with Crippen molar-refractivity contribution < 1.29 is 8.78 Å². The monoisotopic (exact) mass is 318 g/mol. The van der Waals surface area contributed by atoms with E-state index in [1.807, 2.05) is 0 Å². The first-order valence-electron chi connectivity index (χ1n) is 7.76. The smallest absolute Gasteiger partial charge is 0.254 e. The van der Waals surface area contributed by atoms with Crippen molar-refractivity contribution >= 4 is 0 Å². The molecule has 0 spiro atoms. The highest BCUT2D eigenvalue weighted by Gasteiger charge is 2.59. The van der Waals surface area contributed by atoms with Gasteiger partial charge in [-0.25, -0.2) is 8.78 Å². The SMILES string of the molecule is N#CC1(Cn2cc(-c3ccnn3C3CC3(F)F)nn2)CCCC1. The van der Waals surface area contributed by atoms with E-state index in [0.29, 0.717) is 17.9 Å². The lowest BCUT2D eigenvalue weighted by atomic mass is 9.88. The Kier molecular flexibility index (Phi) is 3.01. The fourth-order valence-electron chi connectivity index (χ4n) is 3.39. The predicted molar refractivity (Wildman–Crippen MR) is 76.4 cm³/mol. The molecule has 6 nitrogen and oxygen atoms in total. The lowest BCUT2D eigenvalue weighted by Crippen LogP contribution is -2.21. The van der Waals surface area contributed by atoms with Gasteiger partial charge in [-0.05, 0) is 18.9 Å². The second-order valence-corrected chi connectivity index (χ2v) is 6.54. The molecule has 0 amide bonds. The zero-order valence-electron chi connectivity index (χ0n) is 12.5. The number of hydrogen-bond acceptors (Lipinski definition) is 4. The minimum Gasteiger partial charge on any atom is -0.254 e. The molecule has 2 fully saturated rings. The van der Waals surface area contributed by atoms with Gasteiger partial charge in [0.25, 0.3) is 5.92 Å². The number of halogens is 2. The Morgan fingerprint density at radius 3 is 2.74 bits per heavy atom. The van der Waals surface area contributed by atoms with Crippen molar-refractivity contribution in [2.24, 2.45) is 5.41 Å². The molecule has 2 aliphatic rings. The van der Waals surface area contributed by atoms with Crippen molar-refractivity contribution in [2.75, 3.05) is 0 Å². The van der Waals surface area contributed by atoms with E-state index in [4.69, 9.17) is 0 Å². The van der Waals surface area contributed by atoms with Crippen molar-refractivity contribution in [2.45, 2.75) is 50.6 Å². The largest absolute Gasteiger partial charge is 0.272 e. The molecule has 0 aromatic carbocycles. The summed E-state index contributed by atoms with van der Waals surface area (Å²) in [6.07, 6.45) is 6.86. The number of alkyl halides is 2. The number of aromatic nitrogens is 5.